The molecule has 0 aliphatic rings. The monoisotopic (exact) mass is 259 g/mol. The zero-order valence-corrected chi connectivity index (χ0v) is 11.6. The van der Waals surface area contributed by atoms with Gasteiger partial charge in [-0.05, 0) is 24.6 Å². The van der Waals surface area contributed by atoms with Crippen LogP contribution in [-0.2, 0) is 19.7 Å². The highest BCUT2D eigenvalue weighted by atomic mass is 16.5. The van der Waals surface area contributed by atoms with Gasteiger partial charge in [-0.15, -0.1) is 0 Å². The summed E-state index contributed by atoms with van der Waals surface area (Å²) in [6.07, 6.45) is 3.68. The number of nitrogens with one attached hydrogen (secondary N) is 1. The predicted molar refractivity (Wildman–Crippen MR) is 76.1 cm³/mol. The van der Waals surface area contributed by atoms with E-state index in [1.54, 1.807) is 6.20 Å². The van der Waals surface area contributed by atoms with Crippen molar-refractivity contribution in [1.29, 1.82) is 0 Å². The number of benzene rings is 1. The van der Waals surface area contributed by atoms with Gasteiger partial charge in [0.15, 0.2) is 5.75 Å². The lowest BCUT2D eigenvalue weighted by molar-refractivity contribution is 0.304. The van der Waals surface area contributed by atoms with Crippen molar-refractivity contribution in [1.82, 2.24) is 15.1 Å². The summed E-state index contributed by atoms with van der Waals surface area (Å²) in [7, 11) is 0. The molecule has 0 aliphatic heterocycles. The molecule has 0 radical (unpaired) electrons. The highest BCUT2D eigenvalue weighted by Crippen LogP contribution is 2.14. The summed E-state index contributed by atoms with van der Waals surface area (Å²) in [5.74, 6) is 0.820. The number of rotatable bonds is 7. The molecule has 2 aromatic rings. The first kappa shape index (κ1) is 13.6. The molecule has 0 aliphatic carbocycles. The smallest absolute Gasteiger partial charge is 0.157 e. The van der Waals surface area contributed by atoms with Crippen LogP contribution in [0.5, 0.6) is 5.75 Å². The Hall–Kier alpha value is -1.81. The summed E-state index contributed by atoms with van der Waals surface area (Å²) in [6, 6.07) is 8.35. The number of aromatic nitrogens is 2. The summed E-state index contributed by atoms with van der Waals surface area (Å²) < 4.78 is 7.65. The third kappa shape index (κ3) is 3.83. The topological polar surface area (TPSA) is 39.1 Å². The Morgan fingerprint density at radius 1 is 1.21 bits per heavy atom. The van der Waals surface area contributed by atoms with Crippen LogP contribution in [0.2, 0.25) is 0 Å². The van der Waals surface area contributed by atoms with Crippen molar-refractivity contribution in [2.24, 2.45) is 0 Å². The predicted octanol–water partition coefficient (Wildman–Crippen LogP) is 2.59. The van der Waals surface area contributed by atoms with Crippen LogP contribution >= 0.6 is 0 Å². The average molecular weight is 259 g/mol. The number of ether oxygens (including phenoxy) is 1. The summed E-state index contributed by atoms with van der Waals surface area (Å²) in [5, 5.41) is 7.54. The van der Waals surface area contributed by atoms with Crippen molar-refractivity contribution in [3.8, 4) is 5.75 Å². The number of nitrogens with zero attached hydrogens (tertiary/aromatic N) is 2. The van der Waals surface area contributed by atoms with E-state index < -0.39 is 0 Å². The SMILES string of the molecule is CCNCc1ccccc1COc1cnn(CC)c1. The Labute approximate surface area is 114 Å². The first-order valence-corrected chi connectivity index (χ1v) is 6.76. The van der Waals surface area contributed by atoms with Gasteiger partial charge in [0.05, 0.1) is 12.4 Å². The quantitative estimate of drug-likeness (QED) is 0.830. The fraction of sp³-hybridized carbons (Fsp3) is 0.400. The van der Waals surface area contributed by atoms with Gasteiger partial charge in [0.25, 0.3) is 0 Å². The minimum atomic E-state index is 0.580. The zero-order valence-electron chi connectivity index (χ0n) is 11.6. The van der Waals surface area contributed by atoms with Crippen LogP contribution in [0.15, 0.2) is 36.7 Å². The lowest BCUT2D eigenvalue weighted by Crippen LogP contribution is -2.13. The summed E-state index contributed by atoms with van der Waals surface area (Å²) >= 11 is 0. The van der Waals surface area contributed by atoms with Gasteiger partial charge in [0.1, 0.15) is 6.61 Å². The third-order valence-electron chi connectivity index (χ3n) is 3.01. The molecule has 4 heteroatoms. The lowest BCUT2D eigenvalue weighted by Gasteiger charge is -2.10. The maximum absolute atomic E-state index is 5.78. The number of hydrogen-bond acceptors (Lipinski definition) is 3. The minimum Gasteiger partial charge on any atom is -0.486 e. The van der Waals surface area contributed by atoms with E-state index in [1.165, 1.54) is 11.1 Å². The van der Waals surface area contributed by atoms with Crippen molar-refractivity contribution in [3.05, 3.63) is 47.8 Å². The van der Waals surface area contributed by atoms with Gasteiger partial charge in [-0.2, -0.15) is 5.10 Å². The van der Waals surface area contributed by atoms with Crippen molar-refractivity contribution in [2.45, 2.75) is 33.5 Å². The van der Waals surface area contributed by atoms with E-state index in [2.05, 4.69) is 42.5 Å². The first-order valence-electron chi connectivity index (χ1n) is 6.76. The Morgan fingerprint density at radius 3 is 2.68 bits per heavy atom. The van der Waals surface area contributed by atoms with E-state index in [0.717, 1.165) is 25.4 Å². The molecular formula is C15H21N3O. The van der Waals surface area contributed by atoms with Crippen LogP contribution in [0.1, 0.15) is 25.0 Å². The van der Waals surface area contributed by atoms with Crippen molar-refractivity contribution in [2.75, 3.05) is 6.54 Å². The molecular weight excluding hydrogens is 238 g/mol. The molecule has 2 rings (SSSR count). The van der Waals surface area contributed by atoms with Crippen LogP contribution < -0.4 is 10.1 Å². The highest BCUT2D eigenvalue weighted by molar-refractivity contribution is 5.27. The maximum atomic E-state index is 5.78. The molecule has 0 atom stereocenters. The Balaban J connectivity index is 1.98. The molecule has 102 valence electrons. The summed E-state index contributed by atoms with van der Waals surface area (Å²) in [6.45, 7) is 7.46. The molecule has 0 spiro atoms. The van der Waals surface area contributed by atoms with E-state index >= 15 is 0 Å². The standard InChI is InChI=1S/C15H21N3O/c1-3-16-9-13-7-5-6-8-14(13)12-19-15-10-17-18(4-2)11-15/h5-8,10-11,16H,3-4,9,12H2,1-2H3. The van der Waals surface area contributed by atoms with Crippen molar-refractivity contribution >= 4 is 0 Å². The zero-order chi connectivity index (χ0) is 13.5. The second kappa shape index (κ2) is 6.95. The fourth-order valence-electron chi connectivity index (χ4n) is 1.88. The molecule has 1 N–H and O–H groups in total. The Kier molecular flexibility index (Phi) is 4.98. The summed E-state index contributed by atoms with van der Waals surface area (Å²) in [5.41, 5.74) is 2.50. The van der Waals surface area contributed by atoms with E-state index in [0.29, 0.717) is 6.61 Å². The third-order valence-corrected chi connectivity index (χ3v) is 3.01. The van der Waals surface area contributed by atoms with Gasteiger partial charge in [0.2, 0.25) is 0 Å². The molecule has 1 aromatic heterocycles. The largest absolute Gasteiger partial charge is 0.486 e. The average Bonchev–Trinajstić information content (AvgIpc) is 2.91. The molecule has 0 fully saturated rings. The molecule has 0 amide bonds. The van der Waals surface area contributed by atoms with Gasteiger partial charge in [0, 0.05) is 13.1 Å². The number of aryl methyl sites for hydroxylation is 1. The molecule has 0 unspecified atom stereocenters. The van der Waals surface area contributed by atoms with Gasteiger partial charge in [-0.25, -0.2) is 0 Å². The van der Waals surface area contributed by atoms with Crippen LogP contribution in [0.3, 0.4) is 0 Å². The maximum Gasteiger partial charge on any atom is 0.157 e. The Morgan fingerprint density at radius 2 is 2.00 bits per heavy atom. The Bertz CT molecular complexity index is 508. The first-order chi connectivity index (χ1) is 9.33. The van der Waals surface area contributed by atoms with Crippen LogP contribution in [0, 0.1) is 0 Å². The minimum absolute atomic E-state index is 0.580. The van der Waals surface area contributed by atoms with Crippen LogP contribution in [-0.4, -0.2) is 16.3 Å². The van der Waals surface area contributed by atoms with Crippen molar-refractivity contribution < 1.29 is 4.74 Å². The van der Waals surface area contributed by atoms with E-state index in [-0.39, 0.29) is 0 Å². The van der Waals surface area contributed by atoms with Gasteiger partial charge in [-0.3, -0.25) is 4.68 Å². The second-order valence-electron chi connectivity index (χ2n) is 4.37. The summed E-state index contributed by atoms with van der Waals surface area (Å²) in [4.78, 5) is 0. The molecule has 0 saturated heterocycles. The normalized spacial score (nSPS) is 10.6. The van der Waals surface area contributed by atoms with E-state index in [4.69, 9.17) is 4.74 Å². The molecule has 0 bridgehead atoms. The number of hydrogen-bond donors (Lipinski definition) is 1. The highest BCUT2D eigenvalue weighted by Gasteiger charge is 2.03. The lowest BCUT2D eigenvalue weighted by atomic mass is 10.1. The van der Waals surface area contributed by atoms with Gasteiger partial charge in [-0.1, -0.05) is 31.2 Å². The van der Waals surface area contributed by atoms with Crippen LogP contribution in [0.25, 0.3) is 0 Å². The molecule has 19 heavy (non-hydrogen) atoms. The van der Waals surface area contributed by atoms with Crippen molar-refractivity contribution in [3.63, 3.8) is 0 Å². The van der Waals surface area contributed by atoms with E-state index in [9.17, 15) is 0 Å². The van der Waals surface area contributed by atoms with Gasteiger partial charge < -0.3 is 10.1 Å². The molecule has 1 heterocycles. The van der Waals surface area contributed by atoms with Crippen LogP contribution in [0.4, 0.5) is 0 Å². The molecule has 4 nitrogen and oxygen atoms in total. The second-order valence-corrected chi connectivity index (χ2v) is 4.37. The fourth-order valence-corrected chi connectivity index (χ4v) is 1.88. The molecule has 0 saturated carbocycles. The van der Waals surface area contributed by atoms with Gasteiger partial charge >= 0.3 is 0 Å². The van der Waals surface area contributed by atoms with E-state index in [1.807, 2.05) is 16.9 Å². The molecule has 1 aromatic carbocycles.